The van der Waals surface area contributed by atoms with Crippen molar-refractivity contribution in [3.05, 3.63) is 33.8 Å². The highest BCUT2D eigenvalue weighted by Crippen LogP contribution is 2.22. The molecule has 0 atom stereocenters. The number of nitrogens with one attached hydrogen (secondary N) is 1. The van der Waals surface area contributed by atoms with E-state index in [1.165, 1.54) is 5.56 Å². The van der Waals surface area contributed by atoms with E-state index in [2.05, 4.69) is 0 Å². The SMILES string of the molecule is Clc1ccc(C[NH+]2CCOCC2)cc1Cl. The summed E-state index contributed by atoms with van der Waals surface area (Å²) in [5.41, 5.74) is 1.24. The molecule has 0 amide bonds. The summed E-state index contributed by atoms with van der Waals surface area (Å²) in [5, 5.41) is 1.26. The van der Waals surface area contributed by atoms with Crippen molar-refractivity contribution in [2.45, 2.75) is 6.54 Å². The van der Waals surface area contributed by atoms with Gasteiger partial charge in [-0.05, 0) is 12.1 Å². The highest BCUT2D eigenvalue weighted by Gasteiger charge is 2.14. The maximum Gasteiger partial charge on any atom is 0.103 e. The number of halogens is 2. The minimum atomic E-state index is 0.623. The lowest BCUT2D eigenvalue weighted by molar-refractivity contribution is -0.921. The monoisotopic (exact) mass is 246 g/mol. The van der Waals surface area contributed by atoms with Crippen molar-refractivity contribution in [1.29, 1.82) is 0 Å². The van der Waals surface area contributed by atoms with Crippen LogP contribution in [0.4, 0.5) is 0 Å². The van der Waals surface area contributed by atoms with Crippen LogP contribution in [0.3, 0.4) is 0 Å². The van der Waals surface area contributed by atoms with Crippen LogP contribution in [0.2, 0.25) is 10.0 Å². The van der Waals surface area contributed by atoms with E-state index in [0.29, 0.717) is 10.0 Å². The first kappa shape index (κ1) is 11.2. The summed E-state index contributed by atoms with van der Waals surface area (Å²) < 4.78 is 5.31. The minimum Gasteiger partial charge on any atom is -0.370 e. The van der Waals surface area contributed by atoms with E-state index in [0.717, 1.165) is 32.8 Å². The Bertz CT molecular complexity index is 337. The van der Waals surface area contributed by atoms with E-state index in [4.69, 9.17) is 27.9 Å². The molecular formula is C11H14Cl2NO+. The molecule has 2 rings (SSSR count). The molecule has 0 radical (unpaired) electrons. The predicted octanol–water partition coefficient (Wildman–Crippen LogP) is 1.41. The van der Waals surface area contributed by atoms with Crippen LogP contribution in [-0.2, 0) is 11.3 Å². The van der Waals surface area contributed by atoms with Crippen molar-refractivity contribution in [2.75, 3.05) is 26.3 Å². The zero-order valence-corrected chi connectivity index (χ0v) is 9.94. The molecule has 1 N–H and O–H groups in total. The lowest BCUT2D eigenvalue weighted by Crippen LogP contribution is -3.12. The Hall–Kier alpha value is -0.280. The van der Waals surface area contributed by atoms with E-state index >= 15 is 0 Å². The largest absolute Gasteiger partial charge is 0.370 e. The van der Waals surface area contributed by atoms with Gasteiger partial charge in [0.25, 0.3) is 0 Å². The second-order valence-electron chi connectivity index (χ2n) is 3.79. The zero-order chi connectivity index (χ0) is 10.7. The topological polar surface area (TPSA) is 13.7 Å². The van der Waals surface area contributed by atoms with Crippen molar-refractivity contribution in [2.24, 2.45) is 0 Å². The first-order valence-electron chi connectivity index (χ1n) is 5.11. The molecule has 0 spiro atoms. The maximum atomic E-state index is 5.97. The highest BCUT2D eigenvalue weighted by atomic mass is 35.5. The van der Waals surface area contributed by atoms with Gasteiger partial charge in [-0.2, -0.15) is 0 Å². The number of benzene rings is 1. The molecule has 82 valence electrons. The molecule has 2 nitrogen and oxygen atoms in total. The third-order valence-corrected chi connectivity index (χ3v) is 3.38. The van der Waals surface area contributed by atoms with E-state index < -0.39 is 0 Å². The molecule has 0 aromatic heterocycles. The Kier molecular flexibility index (Phi) is 3.87. The summed E-state index contributed by atoms with van der Waals surface area (Å²) in [5.74, 6) is 0. The molecule has 1 fully saturated rings. The highest BCUT2D eigenvalue weighted by molar-refractivity contribution is 6.41. The fourth-order valence-electron chi connectivity index (χ4n) is 1.78. The average molecular weight is 247 g/mol. The number of morpholine rings is 1. The molecule has 0 unspecified atom stereocenters. The number of quaternary nitrogens is 1. The van der Waals surface area contributed by atoms with Crippen molar-refractivity contribution in [3.8, 4) is 0 Å². The molecule has 1 aromatic rings. The van der Waals surface area contributed by atoms with Crippen LogP contribution in [0.25, 0.3) is 0 Å². The van der Waals surface area contributed by atoms with Gasteiger partial charge < -0.3 is 9.64 Å². The maximum absolute atomic E-state index is 5.97. The van der Waals surface area contributed by atoms with Crippen LogP contribution in [0.1, 0.15) is 5.56 Å². The molecule has 1 aromatic carbocycles. The van der Waals surface area contributed by atoms with Gasteiger partial charge in [-0.1, -0.05) is 29.3 Å². The first-order valence-corrected chi connectivity index (χ1v) is 5.86. The van der Waals surface area contributed by atoms with Crippen LogP contribution in [0.15, 0.2) is 18.2 Å². The molecule has 1 aliphatic rings. The lowest BCUT2D eigenvalue weighted by atomic mass is 10.2. The second-order valence-corrected chi connectivity index (χ2v) is 4.60. The summed E-state index contributed by atoms with van der Waals surface area (Å²) >= 11 is 11.8. The molecule has 15 heavy (non-hydrogen) atoms. The summed E-state index contributed by atoms with van der Waals surface area (Å²) in [7, 11) is 0. The van der Waals surface area contributed by atoms with Gasteiger partial charge in [-0.3, -0.25) is 0 Å². The Morgan fingerprint density at radius 1 is 1.13 bits per heavy atom. The van der Waals surface area contributed by atoms with Gasteiger partial charge in [0.1, 0.15) is 19.6 Å². The van der Waals surface area contributed by atoms with Gasteiger partial charge >= 0.3 is 0 Å². The van der Waals surface area contributed by atoms with Crippen molar-refractivity contribution < 1.29 is 9.64 Å². The fraction of sp³-hybridized carbons (Fsp3) is 0.455. The van der Waals surface area contributed by atoms with E-state index in [1.54, 1.807) is 4.90 Å². The molecule has 0 saturated carbocycles. The van der Waals surface area contributed by atoms with E-state index in [9.17, 15) is 0 Å². The van der Waals surface area contributed by atoms with Gasteiger partial charge in [-0.25, -0.2) is 0 Å². The number of rotatable bonds is 2. The lowest BCUT2D eigenvalue weighted by Gasteiger charge is -2.23. The Labute approximate surface area is 99.7 Å². The predicted molar refractivity (Wildman–Crippen MR) is 61.7 cm³/mol. The third kappa shape index (κ3) is 3.08. The van der Waals surface area contributed by atoms with Crippen LogP contribution in [0, 0.1) is 0 Å². The zero-order valence-electron chi connectivity index (χ0n) is 8.43. The van der Waals surface area contributed by atoms with Gasteiger partial charge in [0.15, 0.2) is 0 Å². The molecule has 4 heteroatoms. The molecule has 0 bridgehead atoms. The summed E-state index contributed by atoms with van der Waals surface area (Å²) in [6, 6.07) is 5.85. The van der Waals surface area contributed by atoms with E-state index in [1.807, 2.05) is 18.2 Å². The van der Waals surface area contributed by atoms with Gasteiger partial charge in [-0.15, -0.1) is 0 Å². The Balaban J connectivity index is 2.00. The molecule has 1 heterocycles. The van der Waals surface area contributed by atoms with Crippen LogP contribution < -0.4 is 4.90 Å². The molecule has 1 saturated heterocycles. The standard InChI is InChI=1S/C11H13Cl2NO/c12-10-2-1-9(7-11(10)13)8-14-3-5-15-6-4-14/h1-2,7H,3-6,8H2/p+1. The van der Waals surface area contributed by atoms with E-state index in [-0.39, 0.29) is 0 Å². The summed E-state index contributed by atoms with van der Waals surface area (Å²) in [6.45, 7) is 4.86. The number of hydrogen-bond acceptors (Lipinski definition) is 1. The van der Waals surface area contributed by atoms with Crippen LogP contribution in [0.5, 0.6) is 0 Å². The van der Waals surface area contributed by atoms with Crippen molar-refractivity contribution in [1.82, 2.24) is 0 Å². The first-order chi connectivity index (χ1) is 7.25. The van der Waals surface area contributed by atoms with Gasteiger partial charge in [0, 0.05) is 5.56 Å². The molecule has 1 aliphatic heterocycles. The smallest absolute Gasteiger partial charge is 0.103 e. The molecular weight excluding hydrogens is 233 g/mol. The number of ether oxygens (including phenoxy) is 1. The van der Waals surface area contributed by atoms with Crippen molar-refractivity contribution >= 4 is 23.2 Å². The van der Waals surface area contributed by atoms with Gasteiger partial charge in [0.05, 0.1) is 23.3 Å². The van der Waals surface area contributed by atoms with Crippen LogP contribution in [-0.4, -0.2) is 26.3 Å². The molecule has 0 aliphatic carbocycles. The minimum absolute atomic E-state index is 0.623. The van der Waals surface area contributed by atoms with Crippen LogP contribution >= 0.6 is 23.2 Å². The van der Waals surface area contributed by atoms with Crippen molar-refractivity contribution in [3.63, 3.8) is 0 Å². The number of hydrogen-bond donors (Lipinski definition) is 1. The van der Waals surface area contributed by atoms with Gasteiger partial charge in [0.2, 0.25) is 0 Å². The normalized spacial score (nSPS) is 18.0. The quantitative estimate of drug-likeness (QED) is 0.834. The Morgan fingerprint density at radius 3 is 2.53 bits per heavy atom. The second kappa shape index (κ2) is 5.17. The third-order valence-electron chi connectivity index (χ3n) is 2.64. The Morgan fingerprint density at radius 2 is 1.87 bits per heavy atom. The fourth-order valence-corrected chi connectivity index (χ4v) is 2.10. The summed E-state index contributed by atoms with van der Waals surface area (Å²) in [6.07, 6.45) is 0. The summed E-state index contributed by atoms with van der Waals surface area (Å²) in [4.78, 5) is 1.54. The average Bonchev–Trinajstić information content (AvgIpc) is 2.25.